The molecule has 0 N–H and O–H groups in total. The van der Waals surface area contributed by atoms with Crippen LogP contribution in [0.15, 0.2) is 24.3 Å². The predicted octanol–water partition coefficient (Wildman–Crippen LogP) is 5.48. The monoisotopic (exact) mass is 386 g/mol. The van der Waals surface area contributed by atoms with Gasteiger partial charge in [-0.25, -0.2) is 0 Å². The summed E-state index contributed by atoms with van der Waals surface area (Å²) >= 11 is 0. The van der Waals surface area contributed by atoms with Crippen molar-refractivity contribution in [3.05, 3.63) is 35.4 Å². The zero-order chi connectivity index (χ0) is 20.9. The number of rotatable bonds is 8. The van der Waals surface area contributed by atoms with E-state index in [0.29, 0.717) is 11.8 Å². The minimum Gasteiger partial charge on any atom is -0.342 e. The summed E-state index contributed by atoms with van der Waals surface area (Å²) in [6.07, 6.45) is 3.31. The lowest BCUT2D eigenvalue weighted by Gasteiger charge is -2.32. The van der Waals surface area contributed by atoms with Gasteiger partial charge in [-0.3, -0.25) is 9.69 Å². The maximum Gasteiger partial charge on any atom is 0.227 e. The molecule has 3 heteroatoms. The lowest BCUT2D eigenvalue weighted by atomic mass is 9.87. The van der Waals surface area contributed by atoms with Gasteiger partial charge < -0.3 is 4.90 Å². The van der Waals surface area contributed by atoms with Gasteiger partial charge in [0.2, 0.25) is 5.91 Å². The maximum absolute atomic E-state index is 13.7. The number of benzene rings is 1. The fourth-order valence-corrected chi connectivity index (χ4v) is 4.26. The van der Waals surface area contributed by atoms with Crippen LogP contribution in [0.3, 0.4) is 0 Å². The van der Waals surface area contributed by atoms with Crippen LogP contribution in [0.25, 0.3) is 0 Å². The summed E-state index contributed by atoms with van der Waals surface area (Å²) in [7, 11) is 0. The van der Waals surface area contributed by atoms with Crippen LogP contribution in [-0.4, -0.2) is 47.4 Å². The Kier molecular flexibility index (Phi) is 8.12. The highest BCUT2D eigenvalue weighted by molar-refractivity contribution is 5.80. The number of carbonyl (C=O) groups is 1. The number of nitrogens with zero attached hydrogens (tertiary/aromatic N) is 2. The maximum atomic E-state index is 13.7. The van der Waals surface area contributed by atoms with Crippen LogP contribution < -0.4 is 0 Å². The number of likely N-dealkylation sites (tertiary alicyclic amines) is 1. The number of amides is 1. The van der Waals surface area contributed by atoms with E-state index >= 15 is 0 Å². The summed E-state index contributed by atoms with van der Waals surface area (Å²) in [6, 6.07) is 8.78. The van der Waals surface area contributed by atoms with Crippen LogP contribution in [0.4, 0.5) is 0 Å². The quantitative estimate of drug-likeness (QED) is 0.590. The van der Waals surface area contributed by atoms with Crippen molar-refractivity contribution in [3.63, 3.8) is 0 Å². The van der Waals surface area contributed by atoms with E-state index in [4.69, 9.17) is 0 Å². The van der Waals surface area contributed by atoms with Crippen molar-refractivity contribution in [1.29, 1.82) is 0 Å². The minimum absolute atomic E-state index is 0.0597. The molecule has 0 saturated carbocycles. The van der Waals surface area contributed by atoms with Crippen molar-refractivity contribution >= 4 is 5.91 Å². The van der Waals surface area contributed by atoms with Gasteiger partial charge in [0.1, 0.15) is 0 Å². The third-order valence-electron chi connectivity index (χ3n) is 6.45. The first-order valence-electron chi connectivity index (χ1n) is 11.3. The van der Waals surface area contributed by atoms with Crippen LogP contribution in [0.2, 0.25) is 0 Å². The molecule has 0 bridgehead atoms. The van der Waals surface area contributed by atoms with E-state index in [1.807, 2.05) is 0 Å². The molecule has 1 heterocycles. The topological polar surface area (TPSA) is 23.6 Å². The summed E-state index contributed by atoms with van der Waals surface area (Å²) in [4.78, 5) is 18.3. The normalized spacial score (nSPS) is 21.7. The molecule has 158 valence electrons. The molecular formula is C25H42N2O. The van der Waals surface area contributed by atoms with Crippen molar-refractivity contribution in [2.45, 2.75) is 79.2 Å². The molecule has 1 aromatic carbocycles. The Balaban J connectivity index is 2.26. The fraction of sp³-hybridized carbons (Fsp3) is 0.720. The van der Waals surface area contributed by atoms with Crippen molar-refractivity contribution in [2.24, 2.45) is 11.8 Å². The zero-order valence-electron chi connectivity index (χ0n) is 19.3. The Hall–Kier alpha value is -1.35. The van der Waals surface area contributed by atoms with Gasteiger partial charge in [-0.1, -0.05) is 57.0 Å². The SMILES string of the molecule is CCCN(CCC(C)CC)C(=O)C1CN(C(C)(C)C)CC1c1cccc(C)c1. The summed E-state index contributed by atoms with van der Waals surface area (Å²) in [5.74, 6) is 1.39. The van der Waals surface area contributed by atoms with Crippen molar-refractivity contribution in [2.75, 3.05) is 26.2 Å². The smallest absolute Gasteiger partial charge is 0.227 e. The molecule has 1 aromatic rings. The van der Waals surface area contributed by atoms with E-state index in [0.717, 1.165) is 39.0 Å². The van der Waals surface area contributed by atoms with E-state index in [2.05, 4.69) is 82.5 Å². The molecule has 3 atom stereocenters. The van der Waals surface area contributed by atoms with Gasteiger partial charge in [0.05, 0.1) is 5.92 Å². The van der Waals surface area contributed by atoms with Gasteiger partial charge >= 0.3 is 0 Å². The Morgan fingerprint density at radius 1 is 1.21 bits per heavy atom. The average molecular weight is 387 g/mol. The Bertz CT molecular complexity index is 634. The van der Waals surface area contributed by atoms with Crippen molar-refractivity contribution < 1.29 is 4.79 Å². The van der Waals surface area contributed by atoms with Gasteiger partial charge in [0, 0.05) is 37.6 Å². The van der Waals surface area contributed by atoms with E-state index in [9.17, 15) is 4.79 Å². The highest BCUT2D eigenvalue weighted by Crippen LogP contribution is 2.37. The molecule has 0 aromatic heterocycles. The summed E-state index contributed by atoms with van der Waals surface area (Å²) in [5.41, 5.74) is 2.69. The fourth-order valence-electron chi connectivity index (χ4n) is 4.26. The van der Waals surface area contributed by atoms with Crippen molar-refractivity contribution in [1.82, 2.24) is 9.80 Å². The Morgan fingerprint density at radius 2 is 1.93 bits per heavy atom. The molecule has 0 spiro atoms. The number of hydrogen-bond donors (Lipinski definition) is 0. The largest absolute Gasteiger partial charge is 0.342 e. The molecule has 1 aliphatic rings. The van der Waals surface area contributed by atoms with E-state index < -0.39 is 0 Å². The molecule has 0 radical (unpaired) electrons. The van der Waals surface area contributed by atoms with Crippen LogP contribution in [0, 0.1) is 18.8 Å². The van der Waals surface area contributed by atoms with E-state index in [1.165, 1.54) is 17.5 Å². The lowest BCUT2D eigenvalue weighted by Crippen LogP contribution is -2.42. The molecule has 3 nitrogen and oxygen atoms in total. The highest BCUT2D eigenvalue weighted by atomic mass is 16.2. The second kappa shape index (κ2) is 9.91. The van der Waals surface area contributed by atoms with Crippen LogP contribution in [0.1, 0.15) is 77.8 Å². The first-order valence-corrected chi connectivity index (χ1v) is 11.3. The molecule has 1 saturated heterocycles. The molecule has 1 amide bonds. The van der Waals surface area contributed by atoms with Crippen molar-refractivity contribution in [3.8, 4) is 0 Å². The number of hydrogen-bond acceptors (Lipinski definition) is 2. The second-order valence-electron chi connectivity index (χ2n) is 9.83. The van der Waals surface area contributed by atoms with E-state index in [1.54, 1.807) is 0 Å². The molecule has 3 unspecified atom stereocenters. The minimum atomic E-state index is 0.0597. The average Bonchev–Trinajstić information content (AvgIpc) is 3.10. The molecule has 28 heavy (non-hydrogen) atoms. The summed E-state index contributed by atoms with van der Waals surface area (Å²) in [6.45, 7) is 19.3. The van der Waals surface area contributed by atoms with Gasteiger partial charge in [-0.15, -0.1) is 0 Å². The van der Waals surface area contributed by atoms with Crippen LogP contribution in [0.5, 0.6) is 0 Å². The van der Waals surface area contributed by atoms with Crippen LogP contribution in [-0.2, 0) is 4.79 Å². The number of aryl methyl sites for hydroxylation is 1. The van der Waals surface area contributed by atoms with Crippen LogP contribution >= 0.6 is 0 Å². The lowest BCUT2D eigenvalue weighted by molar-refractivity contribution is -0.135. The molecule has 2 rings (SSSR count). The first kappa shape index (κ1) is 22.9. The highest BCUT2D eigenvalue weighted by Gasteiger charge is 2.43. The second-order valence-corrected chi connectivity index (χ2v) is 9.83. The third-order valence-corrected chi connectivity index (χ3v) is 6.45. The standard InChI is InChI=1S/C25H42N2O/c1-8-14-26(15-13-19(3)9-2)24(28)23-18-27(25(5,6)7)17-22(23)21-12-10-11-20(4)16-21/h10-12,16,19,22-23H,8-9,13-15,17-18H2,1-7H3. The van der Waals surface area contributed by atoms with Gasteiger partial charge in [-0.05, 0) is 52.0 Å². The number of carbonyl (C=O) groups excluding carboxylic acids is 1. The summed E-state index contributed by atoms with van der Waals surface area (Å²) in [5, 5.41) is 0. The predicted molar refractivity (Wildman–Crippen MR) is 120 cm³/mol. The molecule has 1 aliphatic heterocycles. The Labute approximate surface area is 173 Å². The summed E-state index contributed by atoms with van der Waals surface area (Å²) < 4.78 is 0. The van der Waals surface area contributed by atoms with E-state index in [-0.39, 0.29) is 17.4 Å². The molecule has 0 aliphatic carbocycles. The molecule has 1 fully saturated rings. The van der Waals surface area contributed by atoms with Gasteiger partial charge in [0.15, 0.2) is 0 Å². The Morgan fingerprint density at radius 3 is 2.50 bits per heavy atom. The molecular weight excluding hydrogens is 344 g/mol. The first-order chi connectivity index (χ1) is 13.2. The third kappa shape index (κ3) is 5.83. The van der Waals surface area contributed by atoms with Gasteiger partial charge in [-0.2, -0.15) is 0 Å². The zero-order valence-corrected chi connectivity index (χ0v) is 19.3. The van der Waals surface area contributed by atoms with Gasteiger partial charge in [0.25, 0.3) is 0 Å².